The van der Waals surface area contributed by atoms with Gasteiger partial charge in [0.25, 0.3) is 0 Å². The van der Waals surface area contributed by atoms with Gasteiger partial charge >= 0.3 is 0 Å². The summed E-state index contributed by atoms with van der Waals surface area (Å²) in [7, 11) is 0. The summed E-state index contributed by atoms with van der Waals surface area (Å²) < 4.78 is 0. The Morgan fingerprint density at radius 1 is 1.59 bits per heavy atom. The molecule has 1 saturated heterocycles. The van der Waals surface area contributed by atoms with E-state index in [1.807, 2.05) is 11.6 Å². The van der Waals surface area contributed by atoms with Gasteiger partial charge in [-0.05, 0) is 25.3 Å². The zero-order valence-corrected chi connectivity index (χ0v) is 11.0. The lowest BCUT2D eigenvalue weighted by Gasteiger charge is -2.31. The zero-order chi connectivity index (χ0) is 11.9. The number of piperidine rings is 1. The number of nitrogens with one attached hydrogen (secondary N) is 1. The second-order valence-corrected chi connectivity index (χ2v) is 5.57. The predicted octanol–water partition coefficient (Wildman–Crippen LogP) is 0.937. The van der Waals surface area contributed by atoms with Gasteiger partial charge in [-0.2, -0.15) is 0 Å². The van der Waals surface area contributed by atoms with Crippen LogP contribution in [0.25, 0.3) is 0 Å². The van der Waals surface area contributed by atoms with Crippen LogP contribution in [0.15, 0.2) is 11.6 Å². The average molecular weight is 255 g/mol. The zero-order valence-electron chi connectivity index (χ0n) is 10.1. The van der Waals surface area contributed by atoms with Gasteiger partial charge in [-0.3, -0.25) is 0 Å². The number of hydrogen-bond acceptors (Lipinski definition) is 5. The lowest BCUT2D eigenvalue weighted by Crippen LogP contribution is -2.40. The van der Waals surface area contributed by atoms with E-state index in [0.717, 1.165) is 31.2 Å². The van der Waals surface area contributed by atoms with Crippen LogP contribution < -0.4 is 5.32 Å². The van der Waals surface area contributed by atoms with Crippen molar-refractivity contribution in [3.8, 4) is 0 Å². The number of rotatable bonds is 6. The minimum Gasteiger partial charge on any atom is -0.396 e. The van der Waals surface area contributed by atoms with Crippen LogP contribution in [0.2, 0.25) is 0 Å². The number of thiazole rings is 1. The van der Waals surface area contributed by atoms with E-state index in [9.17, 15) is 0 Å². The third-order valence-corrected chi connectivity index (χ3v) is 4.01. The number of aliphatic hydroxyl groups is 1. The van der Waals surface area contributed by atoms with E-state index in [-0.39, 0.29) is 0 Å². The summed E-state index contributed by atoms with van der Waals surface area (Å²) >= 11 is 1.69. The van der Waals surface area contributed by atoms with Crippen molar-refractivity contribution in [3.05, 3.63) is 16.6 Å². The number of aromatic nitrogens is 1. The molecule has 2 N–H and O–H groups in total. The summed E-state index contributed by atoms with van der Waals surface area (Å²) in [5.74, 6) is 0.489. The number of hydrogen-bond donors (Lipinski definition) is 2. The Morgan fingerprint density at radius 2 is 2.53 bits per heavy atom. The van der Waals surface area contributed by atoms with Crippen molar-refractivity contribution in [1.82, 2.24) is 15.2 Å². The normalized spacial score (nSPS) is 21.8. The molecule has 0 saturated carbocycles. The van der Waals surface area contributed by atoms with Gasteiger partial charge in [0.15, 0.2) is 0 Å². The van der Waals surface area contributed by atoms with Gasteiger partial charge in [0.05, 0.1) is 0 Å². The highest BCUT2D eigenvalue weighted by molar-refractivity contribution is 7.09. The highest BCUT2D eigenvalue weighted by Crippen LogP contribution is 2.14. The Balaban J connectivity index is 1.58. The first-order chi connectivity index (χ1) is 8.38. The Hall–Kier alpha value is -0.490. The molecule has 1 unspecified atom stereocenters. The largest absolute Gasteiger partial charge is 0.396 e. The first-order valence-electron chi connectivity index (χ1n) is 6.31. The van der Waals surface area contributed by atoms with Gasteiger partial charge < -0.3 is 15.3 Å². The van der Waals surface area contributed by atoms with Gasteiger partial charge in [0.1, 0.15) is 5.01 Å². The molecule has 0 aliphatic carbocycles. The van der Waals surface area contributed by atoms with Crippen molar-refractivity contribution in [2.75, 3.05) is 32.8 Å². The fraction of sp³-hybridized carbons (Fsp3) is 0.750. The monoisotopic (exact) mass is 255 g/mol. The second kappa shape index (κ2) is 7.06. The van der Waals surface area contributed by atoms with E-state index in [1.54, 1.807) is 11.3 Å². The molecule has 0 bridgehead atoms. The molecular weight excluding hydrogens is 234 g/mol. The van der Waals surface area contributed by atoms with Crippen LogP contribution in [0.4, 0.5) is 0 Å². The minimum atomic E-state index is 0.336. The molecule has 5 heteroatoms. The fourth-order valence-corrected chi connectivity index (χ4v) is 2.86. The van der Waals surface area contributed by atoms with E-state index >= 15 is 0 Å². The fourth-order valence-electron chi connectivity index (χ4n) is 2.28. The van der Waals surface area contributed by atoms with Gasteiger partial charge in [0, 0.05) is 44.4 Å². The van der Waals surface area contributed by atoms with Crippen LogP contribution in [0, 0.1) is 5.92 Å². The summed E-state index contributed by atoms with van der Waals surface area (Å²) in [6, 6.07) is 0. The number of nitrogens with zero attached hydrogens (tertiary/aromatic N) is 2. The summed E-state index contributed by atoms with van der Waals surface area (Å²) in [6.45, 7) is 5.50. The molecule has 0 aromatic carbocycles. The summed E-state index contributed by atoms with van der Waals surface area (Å²) in [6.07, 6.45) is 4.25. The molecule has 1 aliphatic rings. The Bertz CT molecular complexity index is 305. The van der Waals surface area contributed by atoms with Gasteiger partial charge in [-0.1, -0.05) is 0 Å². The van der Waals surface area contributed by atoms with Crippen LogP contribution >= 0.6 is 11.3 Å². The van der Waals surface area contributed by atoms with Crippen molar-refractivity contribution >= 4 is 11.3 Å². The smallest absolute Gasteiger partial charge is 0.106 e. The van der Waals surface area contributed by atoms with E-state index in [0.29, 0.717) is 12.5 Å². The third kappa shape index (κ3) is 4.35. The quantitative estimate of drug-likeness (QED) is 0.743. The Kier molecular flexibility index (Phi) is 5.38. The van der Waals surface area contributed by atoms with Crippen LogP contribution in [0.3, 0.4) is 0 Å². The van der Waals surface area contributed by atoms with Gasteiger partial charge in [-0.25, -0.2) is 4.98 Å². The van der Waals surface area contributed by atoms with Crippen molar-refractivity contribution in [2.45, 2.75) is 19.4 Å². The SMILES string of the molecule is OCC1CCCN(CCNCc2nccs2)C1. The van der Waals surface area contributed by atoms with Gasteiger partial charge in [-0.15, -0.1) is 11.3 Å². The molecule has 2 rings (SSSR count). The molecule has 0 amide bonds. The predicted molar refractivity (Wildman–Crippen MR) is 70.1 cm³/mol. The third-order valence-electron chi connectivity index (χ3n) is 3.23. The maximum absolute atomic E-state index is 9.16. The molecule has 0 spiro atoms. The lowest BCUT2D eigenvalue weighted by molar-refractivity contribution is 0.121. The molecule has 1 aliphatic heterocycles. The molecule has 0 radical (unpaired) electrons. The first-order valence-corrected chi connectivity index (χ1v) is 7.18. The van der Waals surface area contributed by atoms with E-state index in [1.165, 1.54) is 19.4 Å². The van der Waals surface area contributed by atoms with Crippen molar-refractivity contribution in [3.63, 3.8) is 0 Å². The van der Waals surface area contributed by atoms with E-state index in [4.69, 9.17) is 5.11 Å². The van der Waals surface area contributed by atoms with Crippen molar-refractivity contribution in [2.24, 2.45) is 5.92 Å². The average Bonchev–Trinajstić information content (AvgIpc) is 2.88. The van der Waals surface area contributed by atoms with Crippen LogP contribution in [0.5, 0.6) is 0 Å². The lowest BCUT2D eigenvalue weighted by atomic mass is 9.99. The van der Waals surface area contributed by atoms with Crippen LogP contribution in [-0.4, -0.2) is 47.8 Å². The van der Waals surface area contributed by atoms with E-state index < -0.39 is 0 Å². The highest BCUT2D eigenvalue weighted by atomic mass is 32.1. The van der Waals surface area contributed by atoms with Crippen LogP contribution in [-0.2, 0) is 6.54 Å². The standard InChI is InChI=1S/C12H21N3OS/c16-10-11-2-1-5-15(9-11)6-3-13-8-12-14-4-7-17-12/h4,7,11,13,16H,1-3,5-6,8-10H2. The summed E-state index contributed by atoms with van der Waals surface area (Å²) in [4.78, 5) is 6.68. The Labute approximate surface area is 107 Å². The maximum Gasteiger partial charge on any atom is 0.106 e. The second-order valence-electron chi connectivity index (χ2n) is 4.59. The minimum absolute atomic E-state index is 0.336. The summed E-state index contributed by atoms with van der Waals surface area (Å²) in [5.41, 5.74) is 0. The van der Waals surface area contributed by atoms with Crippen molar-refractivity contribution in [1.29, 1.82) is 0 Å². The molecule has 96 valence electrons. The van der Waals surface area contributed by atoms with Crippen molar-refractivity contribution < 1.29 is 5.11 Å². The molecular formula is C12H21N3OS. The molecule has 17 heavy (non-hydrogen) atoms. The molecule has 1 aromatic rings. The van der Waals surface area contributed by atoms with Gasteiger partial charge in [0.2, 0.25) is 0 Å². The Morgan fingerprint density at radius 3 is 3.29 bits per heavy atom. The molecule has 2 heterocycles. The molecule has 4 nitrogen and oxygen atoms in total. The number of aliphatic hydroxyl groups excluding tert-OH is 1. The molecule has 1 atom stereocenters. The topological polar surface area (TPSA) is 48.4 Å². The first kappa shape index (κ1) is 13.0. The van der Waals surface area contributed by atoms with E-state index in [2.05, 4.69) is 15.2 Å². The highest BCUT2D eigenvalue weighted by Gasteiger charge is 2.18. The van der Waals surface area contributed by atoms with Crippen LogP contribution in [0.1, 0.15) is 17.8 Å². The maximum atomic E-state index is 9.16. The number of likely N-dealkylation sites (tertiary alicyclic amines) is 1. The molecule has 1 fully saturated rings. The summed E-state index contributed by atoms with van der Waals surface area (Å²) in [5, 5.41) is 15.7. The molecule has 1 aromatic heterocycles.